The summed E-state index contributed by atoms with van der Waals surface area (Å²) in [4.78, 5) is 11.7. The van der Waals surface area contributed by atoms with Crippen LogP contribution in [0.2, 0.25) is 0 Å². The lowest BCUT2D eigenvalue weighted by molar-refractivity contribution is -0.133. The van der Waals surface area contributed by atoms with Crippen LogP contribution in [0.1, 0.15) is 46.0 Å². The molecule has 1 N–H and O–H groups in total. The van der Waals surface area contributed by atoms with Crippen LogP contribution in [0.25, 0.3) is 0 Å². The summed E-state index contributed by atoms with van der Waals surface area (Å²) in [5.74, 6) is 2.82. The van der Waals surface area contributed by atoms with E-state index in [2.05, 4.69) is 56.7 Å². The van der Waals surface area contributed by atoms with Crippen LogP contribution >= 0.6 is 0 Å². The second-order valence-corrected chi connectivity index (χ2v) is 7.02. The van der Waals surface area contributed by atoms with Crippen molar-refractivity contribution < 1.29 is 4.74 Å². The highest BCUT2D eigenvalue weighted by molar-refractivity contribution is 5.59. The van der Waals surface area contributed by atoms with Crippen molar-refractivity contribution in [3.63, 3.8) is 0 Å². The van der Waals surface area contributed by atoms with Gasteiger partial charge in [-0.15, -0.1) is 0 Å². The van der Waals surface area contributed by atoms with Gasteiger partial charge in [-0.3, -0.25) is 0 Å². The van der Waals surface area contributed by atoms with Crippen molar-refractivity contribution in [1.82, 2.24) is 9.97 Å². The third kappa shape index (κ3) is 3.46. The Morgan fingerprint density at radius 1 is 1.14 bits per heavy atom. The normalized spacial score (nSPS) is 20.4. The number of aromatic nitrogens is 2. The Bertz CT molecular complexity index is 509. The fourth-order valence-electron chi connectivity index (χ4n) is 3.20. The molecule has 0 amide bonds. The molecule has 2 rings (SSSR count). The maximum absolute atomic E-state index is 6.17. The SMILES string of the molecule is CCc1nc(NC)c(C)c(N2CC(C)(C)OC(C)(C)C2)n1. The molecule has 0 unspecified atom stereocenters. The van der Waals surface area contributed by atoms with Gasteiger partial charge in [-0.25, -0.2) is 9.97 Å². The number of nitrogens with one attached hydrogen (secondary N) is 1. The van der Waals surface area contributed by atoms with Gasteiger partial charge in [-0.05, 0) is 34.6 Å². The molecule has 0 spiro atoms. The fraction of sp³-hybridized carbons (Fsp3) is 0.750. The lowest BCUT2D eigenvalue weighted by Crippen LogP contribution is -2.57. The van der Waals surface area contributed by atoms with Crippen molar-refractivity contribution in [2.75, 3.05) is 30.4 Å². The van der Waals surface area contributed by atoms with E-state index in [4.69, 9.17) is 9.72 Å². The summed E-state index contributed by atoms with van der Waals surface area (Å²) in [5.41, 5.74) is 0.722. The molecular formula is C16H28N4O. The van der Waals surface area contributed by atoms with E-state index in [9.17, 15) is 0 Å². The number of aryl methyl sites for hydroxylation is 1. The monoisotopic (exact) mass is 292 g/mol. The minimum absolute atomic E-state index is 0.189. The van der Waals surface area contributed by atoms with Crippen molar-refractivity contribution >= 4 is 11.6 Å². The molecule has 1 fully saturated rings. The molecule has 2 heterocycles. The number of nitrogens with zero attached hydrogens (tertiary/aromatic N) is 3. The van der Waals surface area contributed by atoms with Crippen molar-refractivity contribution in [2.45, 2.75) is 59.2 Å². The molecule has 21 heavy (non-hydrogen) atoms. The zero-order valence-electron chi connectivity index (χ0n) is 14.4. The van der Waals surface area contributed by atoms with Gasteiger partial charge in [-0.2, -0.15) is 0 Å². The van der Waals surface area contributed by atoms with Gasteiger partial charge in [0, 0.05) is 32.1 Å². The number of hydrogen-bond acceptors (Lipinski definition) is 5. The van der Waals surface area contributed by atoms with Crippen LogP contribution in [0.3, 0.4) is 0 Å². The minimum Gasteiger partial charge on any atom is -0.373 e. The Hall–Kier alpha value is -1.36. The molecule has 0 aromatic carbocycles. The number of hydrogen-bond donors (Lipinski definition) is 1. The Morgan fingerprint density at radius 3 is 2.19 bits per heavy atom. The van der Waals surface area contributed by atoms with E-state index >= 15 is 0 Å². The van der Waals surface area contributed by atoms with Crippen molar-refractivity contribution in [2.24, 2.45) is 0 Å². The number of rotatable bonds is 3. The molecule has 1 aliphatic heterocycles. The first kappa shape index (κ1) is 16.0. The summed E-state index contributed by atoms with van der Waals surface area (Å²) in [6.45, 7) is 14.4. The average molecular weight is 292 g/mol. The first-order valence-corrected chi connectivity index (χ1v) is 7.68. The molecule has 0 bridgehead atoms. The van der Waals surface area contributed by atoms with Gasteiger partial charge < -0.3 is 15.0 Å². The summed E-state index contributed by atoms with van der Waals surface area (Å²) in [6, 6.07) is 0. The summed E-state index contributed by atoms with van der Waals surface area (Å²) in [5, 5.41) is 3.18. The third-order valence-electron chi connectivity index (χ3n) is 3.71. The van der Waals surface area contributed by atoms with E-state index < -0.39 is 0 Å². The molecule has 0 atom stereocenters. The van der Waals surface area contributed by atoms with Crippen molar-refractivity contribution in [3.05, 3.63) is 11.4 Å². The van der Waals surface area contributed by atoms with Gasteiger partial charge in [-0.1, -0.05) is 6.92 Å². The Labute approximate surface area is 128 Å². The van der Waals surface area contributed by atoms with Gasteiger partial charge in [0.2, 0.25) is 0 Å². The zero-order chi connectivity index (χ0) is 15.8. The van der Waals surface area contributed by atoms with Crippen LogP contribution < -0.4 is 10.2 Å². The van der Waals surface area contributed by atoms with Crippen LogP contribution in [0.15, 0.2) is 0 Å². The molecule has 0 aliphatic carbocycles. The second-order valence-electron chi connectivity index (χ2n) is 7.02. The van der Waals surface area contributed by atoms with E-state index in [-0.39, 0.29) is 11.2 Å². The summed E-state index contributed by atoms with van der Waals surface area (Å²) >= 11 is 0. The Morgan fingerprint density at radius 2 is 1.71 bits per heavy atom. The van der Waals surface area contributed by atoms with Crippen LogP contribution in [0.4, 0.5) is 11.6 Å². The van der Waals surface area contributed by atoms with E-state index in [1.807, 2.05) is 7.05 Å². The minimum atomic E-state index is -0.189. The first-order valence-electron chi connectivity index (χ1n) is 7.68. The molecule has 118 valence electrons. The van der Waals surface area contributed by atoms with Gasteiger partial charge in [0.15, 0.2) is 0 Å². The molecule has 0 radical (unpaired) electrons. The highest BCUT2D eigenvalue weighted by atomic mass is 16.5. The second kappa shape index (κ2) is 5.44. The third-order valence-corrected chi connectivity index (χ3v) is 3.71. The zero-order valence-corrected chi connectivity index (χ0v) is 14.4. The highest BCUT2D eigenvalue weighted by Gasteiger charge is 2.39. The van der Waals surface area contributed by atoms with E-state index in [1.54, 1.807) is 0 Å². The quantitative estimate of drug-likeness (QED) is 0.928. The Balaban J connectivity index is 2.45. The molecule has 1 saturated heterocycles. The van der Waals surface area contributed by atoms with E-state index in [0.717, 1.165) is 42.5 Å². The van der Waals surface area contributed by atoms with Crippen LogP contribution in [0.5, 0.6) is 0 Å². The van der Waals surface area contributed by atoms with E-state index in [0.29, 0.717) is 0 Å². The summed E-state index contributed by atoms with van der Waals surface area (Å²) in [6.07, 6.45) is 0.832. The fourth-order valence-corrected chi connectivity index (χ4v) is 3.20. The smallest absolute Gasteiger partial charge is 0.137 e. The maximum atomic E-state index is 6.17. The highest BCUT2D eigenvalue weighted by Crippen LogP contribution is 2.33. The average Bonchev–Trinajstić information content (AvgIpc) is 2.35. The molecule has 1 aromatic heterocycles. The molecular weight excluding hydrogens is 264 g/mol. The van der Waals surface area contributed by atoms with Gasteiger partial charge in [0.25, 0.3) is 0 Å². The lowest BCUT2D eigenvalue weighted by Gasteiger charge is -2.48. The summed E-state index contributed by atoms with van der Waals surface area (Å²) in [7, 11) is 1.91. The largest absolute Gasteiger partial charge is 0.373 e. The predicted octanol–water partition coefficient (Wildman–Crippen LogP) is 2.78. The van der Waals surface area contributed by atoms with Gasteiger partial charge >= 0.3 is 0 Å². The topological polar surface area (TPSA) is 50.3 Å². The first-order chi connectivity index (χ1) is 9.67. The predicted molar refractivity (Wildman–Crippen MR) is 87.1 cm³/mol. The number of morpholine rings is 1. The van der Waals surface area contributed by atoms with Crippen LogP contribution in [-0.4, -0.2) is 41.3 Å². The van der Waals surface area contributed by atoms with Gasteiger partial charge in [0.05, 0.1) is 11.2 Å². The molecule has 5 nitrogen and oxygen atoms in total. The summed E-state index contributed by atoms with van der Waals surface area (Å²) < 4.78 is 6.17. The molecule has 1 aliphatic rings. The number of anilines is 2. The maximum Gasteiger partial charge on any atom is 0.137 e. The standard InChI is InChI=1S/C16H28N4O/c1-8-12-18-13(17-7)11(2)14(19-12)20-9-15(3,4)21-16(5,6)10-20/h8-10H2,1-7H3,(H,17,18,19). The molecule has 0 saturated carbocycles. The number of ether oxygens (including phenoxy) is 1. The van der Waals surface area contributed by atoms with Crippen LogP contribution in [0, 0.1) is 6.92 Å². The molecule has 5 heteroatoms. The van der Waals surface area contributed by atoms with Crippen molar-refractivity contribution in [1.29, 1.82) is 0 Å². The van der Waals surface area contributed by atoms with E-state index in [1.165, 1.54) is 0 Å². The van der Waals surface area contributed by atoms with Gasteiger partial charge in [0.1, 0.15) is 17.5 Å². The Kier molecular flexibility index (Phi) is 4.15. The lowest BCUT2D eigenvalue weighted by atomic mass is 9.98. The van der Waals surface area contributed by atoms with Crippen molar-refractivity contribution in [3.8, 4) is 0 Å². The van der Waals surface area contributed by atoms with Crippen LogP contribution in [-0.2, 0) is 11.2 Å². The molecule has 1 aromatic rings.